The zero-order valence-electron chi connectivity index (χ0n) is 9.65. The van der Waals surface area contributed by atoms with Gasteiger partial charge in [-0.15, -0.1) is 11.8 Å². The fraction of sp³-hybridized carbons (Fsp3) is 0.500. The van der Waals surface area contributed by atoms with Gasteiger partial charge < -0.3 is 21.1 Å². The van der Waals surface area contributed by atoms with Crippen molar-refractivity contribution >= 4 is 34.7 Å². The molecule has 1 saturated heterocycles. The van der Waals surface area contributed by atoms with Crippen LogP contribution in [0.4, 0.5) is 11.8 Å². The van der Waals surface area contributed by atoms with Gasteiger partial charge >= 0.3 is 0 Å². The van der Waals surface area contributed by atoms with Gasteiger partial charge in [-0.1, -0.05) is 0 Å². The molecule has 0 saturated carbocycles. The van der Waals surface area contributed by atoms with Crippen molar-refractivity contribution in [1.82, 2.24) is 19.5 Å². The average molecular weight is 266 g/mol. The molecule has 2 aromatic rings. The lowest BCUT2D eigenvalue weighted by Gasteiger charge is -2.12. The molecule has 1 unspecified atom stereocenters. The lowest BCUT2D eigenvalue weighted by molar-refractivity contribution is 0.292. The maximum Gasteiger partial charge on any atom is 0.224 e. The second-order valence-corrected chi connectivity index (χ2v) is 5.75. The zero-order chi connectivity index (χ0) is 12.7. The first-order valence-corrected chi connectivity index (χ1v) is 6.65. The molecule has 1 aliphatic rings. The number of nitrogen functional groups attached to an aromatic ring is 2. The third-order valence-corrected chi connectivity index (χ3v) is 4.61. The smallest absolute Gasteiger partial charge is 0.224 e. The Morgan fingerprint density at radius 3 is 2.94 bits per heavy atom. The molecular formula is C10H14N6OS. The first kappa shape index (κ1) is 11.5. The molecule has 3 rings (SSSR count). The third-order valence-electron chi connectivity index (χ3n) is 3.06. The summed E-state index contributed by atoms with van der Waals surface area (Å²) in [5, 5.41) is 9.68. The van der Waals surface area contributed by atoms with Crippen LogP contribution in [0, 0.1) is 0 Å². The van der Waals surface area contributed by atoms with Crippen molar-refractivity contribution in [3.05, 3.63) is 6.33 Å². The standard InChI is InChI=1S/C10H14N6OS/c11-8-7-9(15-10(12)14-8)16(4-13-7)6-2-1-5(3-17)18-6/h4-6,17H,1-3H2,(H4,11,12,14,15)/t5-,6?/m0/s1. The number of imidazole rings is 1. The zero-order valence-corrected chi connectivity index (χ0v) is 10.5. The number of rotatable bonds is 2. The molecule has 2 atom stereocenters. The highest BCUT2D eigenvalue weighted by Gasteiger charge is 2.27. The predicted octanol–water partition coefficient (Wildman–Crippen LogP) is 0.377. The van der Waals surface area contributed by atoms with Gasteiger partial charge in [0.2, 0.25) is 5.95 Å². The minimum atomic E-state index is 0.156. The van der Waals surface area contributed by atoms with Gasteiger partial charge in [0.05, 0.1) is 18.3 Å². The van der Waals surface area contributed by atoms with E-state index in [1.807, 2.05) is 4.57 Å². The van der Waals surface area contributed by atoms with Crippen molar-refractivity contribution in [3.8, 4) is 0 Å². The van der Waals surface area contributed by atoms with Crippen LogP contribution in [0.1, 0.15) is 18.2 Å². The van der Waals surface area contributed by atoms with Crippen LogP contribution >= 0.6 is 11.8 Å². The van der Waals surface area contributed by atoms with E-state index in [0.29, 0.717) is 17.0 Å². The monoisotopic (exact) mass is 266 g/mol. The van der Waals surface area contributed by atoms with Crippen molar-refractivity contribution < 1.29 is 5.11 Å². The molecule has 1 aliphatic heterocycles. The van der Waals surface area contributed by atoms with E-state index in [9.17, 15) is 5.11 Å². The van der Waals surface area contributed by atoms with Crippen LogP contribution in [0.15, 0.2) is 6.33 Å². The SMILES string of the molecule is Nc1nc(N)c2ncn(C3CC[C@@H](CO)S3)c2n1. The van der Waals surface area contributed by atoms with Gasteiger partial charge in [0.15, 0.2) is 11.5 Å². The van der Waals surface area contributed by atoms with Crippen molar-refractivity contribution in [2.75, 3.05) is 18.1 Å². The van der Waals surface area contributed by atoms with Crippen LogP contribution in [-0.4, -0.2) is 36.5 Å². The molecule has 0 amide bonds. The molecule has 0 radical (unpaired) electrons. The number of fused-ring (bicyclic) bond motifs is 1. The molecule has 0 aromatic carbocycles. The lowest BCUT2D eigenvalue weighted by Crippen LogP contribution is -2.06. The van der Waals surface area contributed by atoms with E-state index in [2.05, 4.69) is 15.0 Å². The topological polar surface area (TPSA) is 116 Å². The highest BCUT2D eigenvalue weighted by molar-refractivity contribution is 8.00. The summed E-state index contributed by atoms with van der Waals surface area (Å²) < 4.78 is 1.96. The van der Waals surface area contributed by atoms with E-state index in [1.54, 1.807) is 18.1 Å². The molecule has 18 heavy (non-hydrogen) atoms. The first-order chi connectivity index (χ1) is 8.69. The summed E-state index contributed by atoms with van der Waals surface area (Å²) in [6.45, 7) is 0.201. The van der Waals surface area contributed by atoms with E-state index in [1.165, 1.54) is 0 Å². The molecule has 3 heterocycles. The Morgan fingerprint density at radius 1 is 1.39 bits per heavy atom. The van der Waals surface area contributed by atoms with Crippen molar-refractivity contribution in [2.24, 2.45) is 0 Å². The minimum absolute atomic E-state index is 0.156. The number of nitrogens with two attached hydrogens (primary N) is 2. The molecular weight excluding hydrogens is 252 g/mol. The van der Waals surface area contributed by atoms with Crippen LogP contribution in [0.3, 0.4) is 0 Å². The summed E-state index contributed by atoms with van der Waals surface area (Å²) in [6, 6.07) is 0. The second kappa shape index (κ2) is 4.29. The highest BCUT2D eigenvalue weighted by Crippen LogP contribution is 2.42. The van der Waals surface area contributed by atoms with Gasteiger partial charge in [-0.3, -0.25) is 0 Å². The molecule has 8 heteroatoms. The molecule has 0 bridgehead atoms. The van der Waals surface area contributed by atoms with Crippen LogP contribution in [0.2, 0.25) is 0 Å². The van der Waals surface area contributed by atoms with E-state index >= 15 is 0 Å². The number of nitrogens with zero attached hydrogens (tertiary/aromatic N) is 4. The quantitative estimate of drug-likeness (QED) is 0.719. The summed E-state index contributed by atoms with van der Waals surface area (Å²) in [7, 11) is 0. The first-order valence-electron chi connectivity index (χ1n) is 5.71. The Balaban J connectivity index is 2.03. The summed E-state index contributed by atoms with van der Waals surface area (Å²) in [5.74, 6) is 0.460. The Kier molecular flexibility index (Phi) is 2.75. The fourth-order valence-electron chi connectivity index (χ4n) is 2.19. The number of anilines is 2. The maximum absolute atomic E-state index is 9.17. The second-order valence-electron chi connectivity index (χ2n) is 4.26. The van der Waals surface area contributed by atoms with Crippen molar-refractivity contribution in [3.63, 3.8) is 0 Å². The fourth-order valence-corrected chi connectivity index (χ4v) is 3.55. The van der Waals surface area contributed by atoms with Gasteiger partial charge in [0.1, 0.15) is 5.52 Å². The van der Waals surface area contributed by atoms with Crippen LogP contribution < -0.4 is 11.5 Å². The van der Waals surface area contributed by atoms with Gasteiger partial charge in [-0.05, 0) is 12.8 Å². The molecule has 0 spiro atoms. The summed E-state index contributed by atoms with van der Waals surface area (Å²) in [4.78, 5) is 12.3. The molecule has 7 nitrogen and oxygen atoms in total. The largest absolute Gasteiger partial charge is 0.395 e. The molecule has 5 N–H and O–H groups in total. The predicted molar refractivity (Wildman–Crippen MR) is 70.9 cm³/mol. The summed E-state index contributed by atoms with van der Waals surface area (Å²) in [6.07, 6.45) is 3.68. The number of aliphatic hydroxyl groups excluding tert-OH is 1. The van der Waals surface area contributed by atoms with Crippen LogP contribution in [0.25, 0.3) is 11.2 Å². The van der Waals surface area contributed by atoms with E-state index in [-0.39, 0.29) is 23.2 Å². The number of aliphatic hydroxyl groups is 1. The van der Waals surface area contributed by atoms with Crippen LogP contribution in [-0.2, 0) is 0 Å². The molecule has 96 valence electrons. The molecule has 2 aromatic heterocycles. The Bertz CT molecular complexity index is 585. The van der Waals surface area contributed by atoms with Gasteiger partial charge in [-0.2, -0.15) is 9.97 Å². The Morgan fingerprint density at radius 2 is 2.22 bits per heavy atom. The molecule has 0 aliphatic carbocycles. The van der Waals surface area contributed by atoms with E-state index < -0.39 is 0 Å². The van der Waals surface area contributed by atoms with E-state index in [4.69, 9.17) is 11.5 Å². The van der Waals surface area contributed by atoms with Crippen molar-refractivity contribution in [2.45, 2.75) is 23.5 Å². The maximum atomic E-state index is 9.17. The number of hydrogen-bond acceptors (Lipinski definition) is 7. The van der Waals surface area contributed by atoms with Crippen molar-refractivity contribution in [1.29, 1.82) is 0 Å². The normalized spacial score (nSPS) is 23.8. The lowest BCUT2D eigenvalue weighted by atomic mass is 10.2. The van der Waals surface area contributed by atoms with Crippen LogP contribution in [0.5, 0.6) is 0 Å². The number of aromatic nitrogens is 4. The third kappa shape index (κ3) is 1.77. The number of thioether (sulfide) groups is 1. The number of hydrogen-bond donors (Lipinski definition) is 3. The minimum Gasteiger partial charge on any atom is -0.395 e. The summed E-state index contributed by atoms with van der Waals surface area (Å²) in [5.41, 5.74) is 12.6. The summed E-state index contributed by atoms with van der Waals surface area (Å²) >= 11 is 1.73. The Labute approximate surface area is 108 Å². The highest BCUT2D eigenvalue weighted by atomic mass is 32.2. The van der Waals surface area contributed by atoms with Gasteiger partial charge in [0, 0.05) is 5.25 Å². The molecule has 1 fully saturated rings. The Hall–Kier alpha value is -1.54. The van der Waals surface area contributed by atoms with Gasteiger partial charge in [-0.25, -0.2) is 4.98 Å². The van der Waals surface area contributed by atoms with E-state index in [0.717, 1.165) is 12.8 Å². The van der Waals surface area contributed by atoms with Gasteiger partial charge in [0.25, 0.3) is 0 Å². The average Bonchev–Trinajstić information content (AvgIpc) is 2.93.